The lowest BCUT2D eigenvalue weighted by molar-refractivity contribution is -0.115. The Morgan fingerprint density at radius 3 is 2.78 bits per heavy atom. The zero-order valence-electron chi connectivity index (χ0n) is 15.0. The third-order valence-electron chi connectivity index (χ3n) is 3.76. The molecule has 0 saturated carbocycles. The summed E-state index contributed by atoms with van der Waals surface area (Å²) in [5.74, 6) is 6.24. The fourth-order valence-electron chi connectivity index (χ4n) is 2.45. The number of nitriles is 1. The van der Waals surface area contributed by atoms with Crippen LogP contribution in [-0.2, 0) is 4.79 Å². The van der Waals surface area contributed by atoms with Gasteiger partial charge >= 0.3 is 0 Å². The van der Waals surface area contributed by atoms with Crippen LogP contribution in [0.25, 0.3) is 5.95 Å². The minimum absolute atomic E-state index is 0.231. The van der Waals surface area contributed by atoms with Gasteiger partial charge in [0.1, 0.15) is 0 Å². The van der Waals surface area contributed by atoms with Gasteiger partial charge in [-0.2, -0.15) is 10.4 Å². The van der Waals surface area contributed by atoms with E-state index in [1.807, 2.05) is 26.0 Å². The van der Waals surface area contributed by atoms with Gasteiger partial charge in [-0.3, -0.25) is 4.79 Å². The highest BCUT2D eigenvalue weighted by atomic mass is 32.2. The van der Waals surface area contributed by atoms with E-state index in [0.29, 0.717) is 22.4 Å². The summed E-state index contributed by atoms with van der Waals surface area (Å²) in [5, 5.41) is 24.1. The van der Waals surface area contributed by atoms with Gasteiger partial charge in [0, 0.05) is 11.4 Å². The number of hydrogen-bond acceptors (Lipinski definition) is 7. The highest BCUT2D eigenvalue weighted by Gasteiger charge is 2.21. The first-order valence-electron chi connectivity index (χ1n) is 8.11. The van der Waals surface area contributed by atoms with E-state index in [1.165, 1.54) is 16.4 Å². The molecule has 138 valence electrons. The number of carbonyl (C=O) groups is 1. The number of thioether (sulfide) groups is 1. The molecule has 0 bridgehead atoms. The molecule has 1 atom stereocenters. The molecule has 2 heterocycles. The van der Waals surface area contributed by atoms with Crippen molar-refractivity contribution in [2.24, 2.45) is 0 Å². The first kappa shape index (κ1) is 18.5. The average molecular weight is 382 g/mol. The number of aromatic nitrogens is 5. The number of hydrogen-bond donors (Lipinski definition) is 2. The second-order valence-corrected chi connectivity index (χ2v) is 7.24. The molecule has 3 aromatic rings. The van der Waals surface area contributed by atoms with Crippen LogP contribution < -0.4 is 11.2 Å². The lowest BCUT2D eigenvalue weighted by Gasteiger charge is -2.11. The summed E-state index contributed by atoms with van der Waals surface area (Å²) < 4.78 is 2.91. The second-order valence-electron chi connectivity index (χ2n) is 5.93. The van der Waals surface area contributed by atoms with Gasteiger partial charge in [-0.05, 0) is 45.0 Å². The molecule has 0 spiro atoms. The normalized spacial score (nSPS) is 11.8. The van der Waals surface area contributed by atoms with Gasteiger partial charge < -0.3 is 11.2 Å². The number of benzene rings is 1. The first-order valence-corrected chi connectivity index (χ1v) is 8.99. The largest absolute Gasteiger partial charge is 0.334 e. The summed E-state index contributed by atoms with van der Waals surface area (Å²) in [5.41, 5.74) is 2.76. The van der Waals surface area contributed by atoms with Crippen molar-refractivity contribution >= 4 is 23.4 Å². The number of nitrogens with zero attached hydrogens (tertiary/aromatic N) is 6. The maximum absolute atomic E-state index is 12.4. The fraction of sp³-hybridized carbons (Fsp3) is 0.235. The summed E-state index contributed by atoms with van der Waals surface area (Å²) in [4.78, 5) is 12.4. The molecule has 0 aliphatic rings. The van der Waals surface area contributed by atoms with Crippen LogP contribution in [0.2, 0.25) is 0 Å². The zero-order chi connectivity index (χ0) is 19.6. The molecule has 27 heavy (non-hydrogen) atoms. The number of rotatable bonds is 5. The summed E-state index contributed by atoms with van der Waals surface area (Å²) in [7, 11) is 0. The molecule has 0 fully saturated rings. The van der Waals surface area contributed by atoms with Gasteiger partial charge in [0.05, 0.1) is 22.6 Å². The van der Waals surface area contributed by atoms with Crippen molar-refractivity contribution in [3.8, 4) is 12.0 Å². The first-order chi connectivity index (χ1) is 12.9. The molecule has 3 N–H and O–H groups in total. The Morgan fingerprint density at radius 1 is 1.33 bits per heavy atom. The predicted octanol–water partition coefficient (Wildman–Crippen LogP) is 1.79. The topological polar surface area (TPSA) is 127 Å². The smallest absolute Gasteiger partial charge is 0.271 e. The summed E-state index contributed by atoms with van der Waals surface area (Å²) >= 11 is 1.18. The summed E-state index contributed by atoms with van der Waals surface area (Å²) in [6.45, 7) is 5.52. The van der Waals surface area contributed by atoms with E-state index >= 15 is 0 Å². The SMILES string of the molecule is Cc1cc(C)n(-c2nnc(S[C@@H](C)C(=O)Nc3cccc(C#N)c3)n2N)n1. The number of nitrogens with two attached hydrogens (primary N) is 1. The lowest BCUT2D eigenvalue weighted by atomic mass is 10.2. The third-order valence-corrected chi connectivity index (χ3v) is 4.81. The molecule has 9 nitrogen and oxygen atoms in total. The number of nitrogens with one attached hydrogen (secondary N) is 1. The highest BCUT2D eigenvalue weighted by Crippen LogP contribution is 2.23. The van der Waals surface area contributed by atoms with E-state index in [1.54, 1.807) is 35.9 Å². The molecule has 0 aliphatic heterocycles. The molecule has 2 aromatic heterocycles. The Labute approximate surface area is 160 Å². The Balaban J connectivity index is 1.72. The minimum Gasteiger partial charge on any atom is -0.334 e. The Hall–Kier alpha value is -3.32. The third kappa shape index (κ3) is 3.93. The van der Waals surface area contributed by atoms with Crippen LogP contribution in [0.4, 0.5) is 5.69 Å². The number of nitrogen functional groups attached to an aromatic ring is 1. The second kappa shape index (κ2) is 7.51. The standard InChI is InChI=1S/C17H18N8OS/c1-10-7-11(2)25(23-10)16-21-22-17(24(16)19)27-12(3)15(26)20-14-6-4-5-13(8-14)9-18/h4-8,12H,19H2,1-3H3,(H,20,26)/t12-/m0/s1. The van der Waals surface area contributed by atoms with Crippen LogP contribution in [0.1, 0.15) is 23.9 Å². The summed E-state index contributed by atoms with van der Waals surface area (Å²) in [6, 6.07) is 10.7. The van der Waals surface area contributed by atoms with Crippen LogP contribution in [-0.4, -0.2) is 35.8 Å². The van der Waals surface area contributed by atoms with Crippen molar-refractivity contribution in [3.63, 3.8) is 0 Å². The molecule has 10 heteroatoms. The monoisotopic (exact) mass is 382 g/mol. The van der Waals surface area contributed by atoms with Crippen molar-refractivity contribution in [1.29, 1.82) is 5.26 Å². The van der Waals surface area contributed by atoms with E-state index in [2.05, 4.69) is 20.6 Å². The molecule has 0 saturated heterocycles. The van der Waals surface area contributed by atoms with Crippen molar-refractivity contribution in [3.05, 3.63) is 47.3 Å². The fourth-order valence-corrected chi connectivity index (χ4v) is 3.21. The molecule has 3 rings (SSSR count). The van der Waals surface area contributed by atoms with Gasteiger partial charge in [-0.25, -0.2) is 9.36 Å². The van der Waals surface area contributed by atoms with Gasteiger partial charge in [-0.1, -0.05) is 17.8 Å². The van der Waals surface area contributed by atoms with Crippen LogP contribution in [0.15, 0.2) is 35.5 Å². The van der Waals surface area contributed by atoms with Crippen LogP contribution in [0, 0.1) is 25.2 Å². The van der Waals surface area contributed by atoms with E-state index in [9.17, 15) is 4.79 Å². The highest BCUT2D eigenvalue weighted by molar-refractivity contribution is 8.00. The molecule has 0 radical (unpaired) electrons. The minimum atomic E-state index is -0.476. The predicted molar refractivity (Wildman–Crippen MR) is 102 cm³/mol. The number of carbonyl (C=O) groups excluding carboxylic acids is 1. The Kier molecular flexibility index (Phi) is 5.14. The average Bonchev–Trinajstić information content (AvgIpc) is 3.16. The number of amides is 1. The molecular weight excluding hydrogens is 364 g/mol. The molecule has 0 unspecified atom stereocenters. The number of aryl methyl sites for hydroxylation is 2. The van der Waals surface area contributed by atoms with E-state index < -0.39 is 5.25 Å². The van der Waals surface area contributed by atoms with Crippen molar-refractivity contribution < 1.29 is 4.79 Å². The maximum atomic E-state index is 12.4. The maximum Gasteiger partial charge on any atom is 0.271 e. The van der Waals surface area contributed by atoms with Crippen molar-refractivity contribution in [2.45, 2.75) is 31.2 Å². The van der Waals surface area contributed by atoms with Crippen molar-refractivity contribution in [1.82, 2.24) is 24.7 Å². The van der Waals surface area contributed by atoms with Crippen LogP contribution in [0.5, 0.6) is 0 Å². The molecule has 1 amide bonds. The molecular formula is C17H18N8OS. The van der Waals surface area contributed by atoms with E-state index in [4.69, 9.17) is 11.1 Å². The van der Waals surface area contributed by atoms with E-state index in [0.717, 1.165) is 11.4 Å². The zero-order valence-corrected chi connectivity index (χ0v) is 15.9. The quantitative estimate of drug-likeness (QED) is 0.508. The van der Waals surface area contributed by atoms with Crippen LogP contribution >= 0.6 is 11.8 Å². The van der Waals surface area contributed by atoms with Crippen LogP contribution in [0.3, 0.4) is 0 Å². The van der Waals surface area contributed by atoms with Crippen molar-refractivity contribution in [2.75, 3.05) is 11.2 Å². The Bertz CT molecular complexity index is 1030. The molecule has 0 aliphatic carbocycles. The lowest BCUT2D eigenvalue weighted by Crippen LogP contribution is -2.24. The molecule has 1 aromatic carbocycles. The Morgan fingerprint density at radius 2 is 2.11 bits per heavy atom. The number of anilines is 1. The van der Waals surface area contributed by atoms with Gasteiger partial charge in [0.25, 0.3) is 5.95 Å². The van der Waals surface area contributed by atoms with Gasteiger partial charge in [-0.15, -0.1) is 10.2 Å². The van der Waals surface area contributed by atoms with Gasteiger partial charge in [0.15, 0.2) is 0 Å². The summed E-state index contributed by atoms with van der Waals surface area (Å²) in [6.07, 6.45) is 0. The van der Waals surface area contributed by atoms with Gasteiger partial charge in [0.2, 0.25) is 11.1 Å². The van der Waals surface area contributed by atoms with E-state index in [-0.39, 0.29) is 5.91 Å².